The summed E-state index contributed by atoms with van der Waals surface area (Å²) in [6.07, 6.45) is 2.24. The summed E-state index contributed by atoms with van der Waals surface area (Å²) in [5.74, 6) is 0.185. The van der Waals surface area contributed by atoms with Crippen LogP contribution in [0.5, 0.6) is 11.5 Å². The Morgan fingerprint density at radius 3 is 2.38 bits per heavy atom. The topological polar surface area (TPSA) is 72.9 Å². The number of fused-ring (bicyclic) bond motifs is 1. The second-order valence-corrected chi connectivity index (χ2v) is 9.14. The van der Waals surface area contributed by atoms with Gasteiger partial charge in [0.1, 0.15) is 4.91 Å². The van der Waals surface area contributed by atoms with Crippen LogP contribution in [0, 0.1) is 0 Å². The van der Waals surface area contributed by atoms with E-state index in [0.29, 0.717) is 17.2 Å². The number of para-hydroxylation sites is 1. The number of allylic oxidation sites excluding steroid dienone is 1. The summed E-state index contributed by atoms with van der Waals surface area (Å²) >= 11 is 0. The fourth-order valence-electron chi connectivity index (χ4n) is 3.70. The molecule has 0 fully saturated rings. The molecule has 7 heteroatoms. The van der Waals surface area contributed by atoms with Crippen LogP contribution < -0.4 is 14.4 Å². The third-order valence-electron chi connectivity index (χ3n) is 5.42. The smallest absolute Gasteiger partial charge is 0.214 e. The molecule has 1 aliphatic rings. The SMILES string of the molecule is CCc1cccc(N2C=C(C(=O)c3ccc(OC)c(OC)c3)S(=O)(=O)c3ccccc32)c1. The molecule has 0 radical (unpaired) electrons. The molecule has 6 nitrogen and oxygen atoms in total. The van der Waals surface area contributed by atoms with Crippen LogP contribution in [0.15, 0.2) is 82.7 Å². The summed E-state index contributed by atoms with van der Waals surface area (Å²) in [5.41, 5.74) is 2.59. The molecule has 164 valence electrons. The summed E-state index contributed by atoms with van der Waals surface area (Å²) in [7, 11) is -1.07. The Morgan fingerprint density at radius 2 is 1.66 bits per heavy atom. The van der Waals surface area contributed by atoms with E-state index in [4.69, 9.17) is 9.47 Å². The van der Waals surface area contributed by atoms with E-state index >= 15 is 0 Å². The van der Waals surface area contributed by atoms with Crippen molar-refractivity contribution >= 4 is 27.0 Å². The first-order valence-electron chi connectivity index (χ1n) is 10.1. The average molecular weight is 450 g/mol. The number of methoxy groups -OCH3 is 2. The highest BCUT2D eigenvalue weighted by molar-refractivity contribution is 7.96. The van der Waals surface area contributed by atoms with Gasteiger partial charge in [0, 0.05) is 17.5 Å². The number of hydrogen-bond donors (Lipinski definition) is 0. The molecule has 1 aliphatic heterocycles. The van der Waals surface area contributed by atoms with Gasteiger partial charge < -0.3 is 14.4 Å². The predicted molar refractivity (Wildman–Crippen MR) is 124 cm³/mol. The van der Waals surface area contributed by atoms with E-state index in [0.717, 1.165) is 17.7 Å². The molecule has 0 saturated heterocycles. The molecule has 4 rings (SSSR count). The Bertz CT molecular complexity index is 1330. The van der Waals surface area contributed by atoms with Crippen molar-refractivity contribution in [2.45, 2.75) is 18.2 Å². The third kappa shape index (κ3) is 3.65. The van der Waals surface area contributed by atoms with Crippen LogP contribution in [0.25, 0.3) is 0 Å². The van der Waals surface area contributed by atoms with Gasteiger partial charge >= 0.3 is 0 Å². The molecule has 0 spiro atoms. The summed E-state index contributed by atoms with van der Waals surface area (Å²) in [4.78, 5) is 15.0. The number of anilines is 2. The van der Waals surface area contributed by atoms with E-state index in [2.05, 4.69) is 6.92 Å². The lowest BCUT2D eigenvalue weighted by atomic mass is 10.1. The van der Waals surface area contributed by atoms with E-state index in [1.165, 1.54) is 38.6 Å². The molecule has 0 atom stereocenters. The van der Waals surface area contributed by atoms with Gasteiger partial charge in [-0.2, -0.15) is 0 Å². The van der Waals surface area contributed by atoms with E-state index in [-0.39, 0.29) is 15.4 Å². The number of rotatable bonds is 6. The van der Waals surface area contributed by atoms with E-state index in [9.17, 15) is 13.2 Å². The molecule has 0 unspecified atom stereocenters. The zero-order chi connectivity index (χ0) is 22.9. The minimum atomic E-state index is -4.02. The molecule has 0 aromatic heterocycles. The fourth-order valence-corrected chi connectivity index (χ4v) is 5.24. The zero-order valence-corrected chi connectivity index (χ0v) is 18.8. The van der Waals surface area contributed by atoms with Gasteiger partial charge in [-0.3, -0.25) is 4.79 Å². The van der Waals surface area contributed by atoms with Crippen LogP contribution >= 0.6 is 0 Å². The maximum absolute atomic E-state index is 13.4. The third-order valence-corrected chi connectivity index (χ3v) is 7.21. The van der Waals surface area contributed by atoms with Crippen LogP contribution in [0.3, 0.4) is 0 Å². The molecule has 0 bridgehead atoms. The number of carbonyl (C=O) groups is 1. The number of benzene rings is 3. The minimum absolute atomic E-state index is 0.0910. The summed E-state index contributed by atoms with van der Waals surface area (Å²) in [6, 6.07) is 19.1. The molecule has 0 saturated carbocycles. The summed E-state index contributed by atoms with van der Waals surface area (Å²) in [5, 5.41) is 0. The summed E-state index contributed by atoms with van der Waals surface area (Å²) < 4.78 is 37.4. The molecule has 3 aromatic rings. The molecular formula is C25H23NO5S. The molecule has 0 amide bonds. The highest BCUT2D eigenvalue weighted by Gasteiger charge is 2.36. The van der Waals surface area contributed by atoms with Gasteiger partial charge in [-0.15, -0.1) is 0 Å². The van der Waals surface area contributed by atoms with Crippen molar-refractivity contribution in [3.8, 4) is 11.5 Å². The number of ether oxygens (including phenoxy) is 2. The van der Waals surface area contributed by atoms with Crippen molar-refractivity contribution in [3.05, 3.63) is 89.0 Å². The van der Waals surface area contributed by atoms with E-state index in [1.807, 2.05) is 24.3 Å². The fraction of sp³-hybridized carbons (Fsp3) is 0.160. The first-order valence-corrected chi connectivity index (χ1v) is 11.6. The average Bonchev–Trinajstić information content (AvgIpc) is 2.83. The van der Waals surface area contributed by atoms with Crippen LogP contribution in [0.1, 0.15) is 22.8 Å². The van der Waals surface area contributed by atoms with Crippen LogP contribution in [-0.2, 0) is 16.3 Å². The van der Waals surface area contributed by atoms with Crippen molar-refractivity contribution in [1.29, 1.82) is 0 Å². The number of sulfone groups is 1. The maximum Gasteiger partial charge on any atom is 0.214 e. The Hall–Kier alpha value is -3.58. The molecule has 32 heavy (non-hydrogen) atoms. The Kier molecular flexibility index (Phi) is 5.76. The van der Waals surface area contributed by atoms with Crippen LogP contribution in [0.2, 0.25) is 0 Å². The molecule has 0 N–H and O–H groups in total. The van der Waals surface area contributed by atoms with Gasteiger partial charge in [0.05, 0.1) is 24.8 Å². The van der Waals surface area contributed by atoms with Gasteiger partial charge in [-0.05, 0) is 54.4 Å². The normalized spacial score (nSPS) is 14.3. The van der Waals surface area contributed by atoms with E-state index < -0.39 is 15.6 Å². The predicted octanol–water partition coefficient (Wildman–Crippen LogP) is 4.92. The lowest BCUT2D eigenvalue weighted by Gasteiger charge is -2.29. The monoisotopic (exact) mass is 449 g/mol. The quantitative estimate of drug-likeness (QED) is 0.498. The van der Waals surface area contributed by atoms with Gasteiger partial charge in [-0.1, -0.05) is 31.2 Å². The van der Waals surface area contributed by atoms with Crippen LogP contribution in [0.4, 0.5) is 11.4 Å². The second-order valence-electron chi connectivity index (χ2n) is 7.26. The van der Waals surface area contributed by atoms with Gasteiger partial charge in [-0.25, -0.2) is 8.42 Å². The first kappa shape index (κ1) is 21.6. The van der Waals surface area contributed by atoms with Gasteiger partial charge in [0.25, 0.3) is 0 Å². The van der Waals surface area contributed by atoms with E-state index in [1.54, 1.807) is 29.2 Å². The largest absolute Gasteiger partial charge is 0.493 e. The molecule has 0 aliphatic carbocycles. The highest BCUT2D eigenvalue weighted by atomic mass is 32.2. The van der Waals surface area contributed by atoms with Gasteiger partial charge in [0.2, 0.25) is 15.6 Å². The molecule has 1 heterocycles. The zero-order valence-electron chi connectivity index (χ0n) is 18.0. The lowest BCUT2D eigenvalue weighted by molar-refractivity contribution is 0.104. The molecule has 3 aromatic carbocycles. The number of aryl methyl sites for hydroxylation is 1. The van der Waals surface area contributed by atoms with Crippen molar-refractivity contribution in [1.82, 2.24) is 0 Å². The van der Waals surface area contributed by atoms with Crippen molar-refractivity contribution < 1.29 is 22.7 Å². The van der Waals surface area contributed by atoms with Crippen molar-refractivity contribution in [2.24, 2.45) is 0 Å². The number of carbonyl (C=O) groups excluding carboxylic acids is 1. The van der Waals surface area contributed by atoms with Crippen LogP contribution in [-0.4, -0.2) is 28.4 Å². The Balaban J connectivity index is 1.89. The number of nitrogens with zero attached hydrogens (tertiary/aromatic N) is 1. The van der Waals surface area contributed by atoms with Crippen molar-refractivity contribution in [3.63, 3.8) is 0 Å². The number of ketones is 1. The van der Waals surface area contributed by atoms with Crippen molar-refractivity contribution in [2.75, 3.05) is 19.1 Å². The summed E-state index contributed by atoms with van der Waals surface area (Å²) in [6.45, 7) is 2.05. The molecular weight excluding hydrogens is 426 g/mol. The Labute approximate surface area is 187 Å². The first-order chi connectivity index (χ1) is 15.4. The minimum Gasteiger partial charge on any atom is -0.493 e. The van der Waals surface area contributed by atoms with Gasteiger partial charge in [0.15, 0.2) is 11.5 Å². The highest BCUT2D eigenvalue weighted by Crippen LogP contribution is 2.41. The maximum atomic E-state index is 13.4. The second kappa shape index (κ2) is 8.51. The Morgan fingerprint density at radius 1 is 0.906 bits per heavy atom. The standard InChI is InChI=1S/C25H23NO5S/c1-4-17-8-7-9-19(14-17)26-16-24(32(28,29)23-11-6-5-10-20(23)26)25(27)18-12-13-21(30-2)22(15-18)31-3/h5-16H,4H2,1-3H3. The number of hydrogen-bond acceptors (Lipinski definition) is 6. The number of Topliss-reactive ketones (excluding diaryl/α,β-unsaturated/α-hetero) is 1. The lowest BCUT2D eigenvalue weighted by Crippen LogP contribution is -2.25.